The minimum Gasteiger partial charge on any atom is -0.468 e. The molecule has 1 fully saturated rings. The average molecular weight is 302 g/mol. The summed E-state index contributed by atoms with van der Waals surface area (Å²) in [7, 11) is -2.95. The summed E-state index contributed by atoms with van der Waals surface area (Å²) in [5, 5.41) is -0.657. The molecule has 1 aliphatic heterocycles. The van der Waals surface area contributed by atoms with Gasteiger partial charge in [0.2, 0.25) is 5.03 Å². The van der Waals surface area contributed by atoms with Crippen LogP contribution in [0, 0.1) is 5.82 Å². The van der Waals surface area contributed by atoms with Crippen LogP contribution in [0.15, 0.2) is 23.4 Å². The molecular formula is C12H15FN2O4S. The molecule has 1 saturated heterocycles. The number of esters is 1. The quantitative estimate of drug-likeness (QED) is 0.777. The van der Waals surface area contributed by atoms with Crippen LogP contribution in [0.4, 0.5) is 4.39 Å². The van der Waals surface area contributed by atoms with Gasteiger partial charge in [-0.2, -0.15) is 4.31 Å². The molecule has 2 rings (SSSR count). The fraction of sp³-hybridized carbons (Fsp3) is 0.500. The predicted octanol–water partition coefficient (Wildman–Crippen LogP) is 0.937. The van der Waals surface area contributed by atoms with Crippen molar-refractivity contribution in [3.8, 4) is 0 Å². The first-order valence-electron chi connectivity index (χ1n) is 6.18. The lowest BCUT2D eigenvalue weighted by Crippen LogP contribution is -2.48. The molecule has 0 unspecified atom stereocenters. The Hall–Kier alpha value is -1.54. The van der Waals surface area contributed by atoms with Gasteiger partial charge in [-0.3, -0.25) is 4.79 Å². The third-order valence-corrected chi connectivity index (χ3v) is 5.05. The second-order valence-corrected chi connectivity index (χ2v) is 6.25. The molecule has 0 N–H and O–H groups in total. The SMILES string of the molecule is COC(=O)[C@H]1CCCCN1S(=O)(=O)c1ncccc1F. The van der Waals surface area contributed by atoms with Crippen molar-refractivity contribution in [3.63, 3.8) is 0 Å². The molecule has 0 radical (unpaired) electrons. The van der Waals surface area contributed by atoms with Crippen molar-refractivity contribution in [1.82, 2.24) is 9.29 Å². The molecule has 8 heteroatoms. The number of carbonyl (C=O) groups is 1. The fourth-order valence-electron chi connectivity index (χ4n) is 2.24. The molecule has 0 bridgehead atoms. The summed E-state index contributed by atoms with van der Waals surface area (Å²) in [5.41, 5.74) is 0. The number of rotatable bonds is 3. The number of methoxy groups -OCH3 is 1. The van der Waals surface area contributed by atoms with Gasteiger partial charge in [-0.15, -0.1) is 0 Å². The van der Waals surface area contributed by atoms with Crippen LogP contribution >= 0.6 is 0 Å². The number of sulfonamides is 1. The van der Waals surface area contributed by atoms with Crippen LogP contribution in [-0.2, 0) is 19.6 Å². The largest absolute Gasteiger partial charge is 0.468 e. The normalized spacial score (nSPS) is 20.6. The number of pyridine rings is 1. The summed E-state index contributed by atoms with van der Waals surface area (Å²) < 4.78 is 44.2. The lowest BCUT2D eigenvalue weighted by atomic mass is 10.1. The number of piperidine rings is 1. The maximum absolute atomic E-state index is 13.7. The van der Waals surface area contributed by atoms with E-state index in [1.807, 2.05) is 0 Å². The second-order valence-electron chi connectivity index (χ2n) is 4.44. The van der Waals surface area contributed by atoms with Crippen molar-refractivity contribution in [2.45, 2.75) is 30.3 Å². The Morgan fingerprint density at radius 2 is 2.25 bits per heavy atom. The van der Waals surface area contributed by atoms with E-state index in [9.17, 15) is 17.6 Å². The van der Waals surface area contributed by atoms with Crippen molar-refractivity contribution in [2.24, 2.45) is 0 Å². The molecular weight excluding hydrogens is 287 g/mol. The van der Waals surface area contributed by atoms with Gasteiger partial charge >= 0.3 is 5.97 Å². The topological polar surface area (TPSA) is 76.6 Å². The third kappa shape index (κ3) is 2.66. The van der Waals surface area contributed by atoms with Crippen LogP contribution in [0.3, 0.4) is 0 Å². The van der Waals surface area contributed by atoms with Gasteiger partial charge in [0.1, 0.15) is 6.04 Å². The lowest BCUT2D eigenvalue weighted by molar-refractivity contribution is -0.146. The second kappa shape index (κ2) is 5.84. The van der Waals surface area contributed by atoms with Gasteiger partial charge in [0.15, 0.2) is 5.82 Å². The standard InChI is InChI=1S/C12H15FN2O4S/c1-19-12(16)10-6-2-3-8-15(10)20(17,18)11-9(13)5-4-7-14-11/h4-5,7,10H,2-3,6,8H2,1H3/t10-/m1/s1. The van der Waals surface area contributed by atoms with Crippen LogP contribution in [0.1, 0.15) is 19.3 Å². The smallest absolute Gasteiger partial charge is 0.324 e. The van der Waals surface area contributed by atoms with Crippen LogP contribution in [0.2, 0.25) is 0 Å². The zero-order chi connectivity index (χ0) is 14.8. The summed E-state index contributed by atoms with van der Waals surface area (Å²) >= 11 is 0. The Morgan fingerprint density at radius 3 is 2.90 bits per heavy atom. The summed E-state index contributed by atoms with van der Waals surface area (Å²) in [6.45, 7) is 0.151. The Labute approximate surface area is 116 Å². The Bertz CT molecular complexity index is 605. The van der Waals surface area contributed by atoms with E-state index in [2.05, 4.69) is 9.72 Å². The highest BCUT2D eigenvalue weighted by Crippen LogP contribution is 2.26. The number of aromatic nitrogens is 1. The van der Waals surface area contributed by atoms with Crippen molar-refractivity contribution in [1.29, 1.82) is 0 Å². The van der Waals surface area contributed by atoms with Gasteiger partial charge in [-0.1, -0.05) is 0 Å². The molecule has 20 heavy (non-hydrogen) atoms. The van der Waals surface area contributed by atoms with Gasteiger partial charge in [-0.05, 0) is 31.4 Å². The highest BCUT2D eigenvalue weighted by atomic mass is 32.2. The lowest BCUT2D eigenvalue weighted by Gasteiger charge is -2.32. The molecule has 1 aromatic heterocycles. The first-order valence-corrected chi connectivity index (χ1v) is 7.62. The molecule has 0 saturated carbocycles. The minimum atomic E-state index is -4.15. The Balaban J connectivity index is 2.41. The molecule has 1 atom stereocenters. The van der Waals surface area contributed by atoms with Gasteiger partial charge in [0, 0.05) is 12.7 Å². The molecule has 0 aliphatic carbocycles. The van der Waals surface area contributed by atoms with Crippen molar-refractivity contribution < 1.29 is 22.3 Å². The van der Waals surface area contributed by atoms with Crippen molar-refractivity contribution in [3.05, 3.63) is 24.1 Å². The van der Waals surface area contributed by atoms with E-state index in [1.54, 1.807) is 0 Å². The van der Waals surface area contributed by atoms with Crippen LogP contribution in [0.25, 0.3) is 0 Å². The summed E-state index contributed by atoms with van der Waals surface area (Å²) in [5.74, 6) is -1.56. The van der Waals surface area contributed by atoms with E-state index < -0.39 is 32.9 Å². The highest BCUT2D eigenvalue weighted by molar-refractivity contribution is 7.89. The Kier molecular flexibility index (Phi) is 4.34. The summed E-state index contributed by atoms with van der Waals surface area (Å²) in [6.07, 6.45) is 2.89. The van der Waals surface area contributed by atoms with Crippen molar-refractivity contribution in [2.75, 3.05) is 13.7 Å². The number of ether oxygens (including phenoxy) is 1. The molecule has 1 aliphatic rings. The molecule has 0 aromatic carbocycles. The third-order valence-electron chi connectivity index (χ3n) is 3.20. The Morgan fingerprint density at radius 1 is 1.50 bits per heavy atom. The van der Waals surface area contributed by atoms with Gasteiger partial charge < -0.3 is 4.74 Å². The predicted molar refractivity (Wildman–Crippen MR) is 67.7 cm³/mol. The minimum absolute atomic E-state index is 0.151. The highest BCUT2D eigenvalue weighted by Gasteiger charge is 2.40. The van der Waals surface area contributed by atoms with E-state index >= 15 is 0 Å². The molecule has 2 heterocycles. The number of halogens is 1. The first kappa shape index (κ1) is 14.9. The van der Waals surface area contributed by atoms with Gasteiger partial charge in [0.05, 0.1) is 7.11 Å². The van der Waals surface area contributed by atoms with Crippen molar-refractivity contribution >= 4 is 16.0 Å². The zero-order valence-corrected chi connectivity index (χ0v) is 11.8. The molecule has 0 spiro atoms. The maximum atomic E-state index is 13.7. The monoisotopic (exact) mass is 302 g/mol. The molecule has 1 aromatic rings. The molecule has 0 amide bonds. The number of hydrogen-bond acceptors (Lipinski definition) is 5. The van der Waals surface area contributed by atoms with E-state index in [-0.39, 0.29) is 6.54 Å². The van der Waals surface area contributed by atoms with E-state index in [1.165, 1.54) is 19.4 Å². The molecule has 6 nitrogen and oxygen atoms in total. The summed E-state index contributed by atoms with van der Waals surface area (Å²) in [6, 6.07) is 1.42. The van der Waals surface area contributed by atoms with Crippen LogP contribution < -0.4 is 0 Å². The van der Waals surface area contributed by atoms with Crippen LogP contribution in [0.5, 0.6) is 0 Å². The zero-order valence-electron chi connectivity index (χ0n) is 11.0. The van der Waals surface area contributed by atoms with E-state index in [0.29, 0.717) is 12.8 Å². The van der Waals surface area contributed by atoms with E-state index in [4.69, 9.17) is 0 Å². The first-order chi connectivity index (χ1) is 9.48. The number of carbonyl (C=O) groups excluding carboxylic acids is 1. The van der Waals surface area contributed by atoms with Crippen LogP contribution in [-0.4, -0.2) is 43.4 Å². The number of hydrogen-bond donors (Lipinski definition) is 0. The fourth-order valence-corrected chi connectivity index (χ4v) is 3.86. The van der Waals surface area contributed by atoms with Gasteiger partial charge in [0.25, 0.3) is 10.0 Å². The van der Waals surface area contributed by atoms with Gasteiger partial charge in [-0.25, -0.2) is 17.8 Å². The molecule has 110 valence electrons. The average Bonchev–Trinajstić information content (AvgIpc) is 2.46. The number of nitrogens with zero attached hydrogens (tertiary/aromatic N) is 2. The van der Waals surface area contributed by atoms with E-state index in [0.717, 1.165) is 16.8 Å². The summed E-state index contributed by atoms with van der Waals surface area (Å²) in [4.78, 5) is 15.3. The maximum Gasteiger partial charge on any atom is 0.324 e.